The summed E-state index contributed by atoms with van der Waals surface area (Å²) in [7, 11) is 0. The summed E-state index contributed by atoms with van der Waals surface area (Å²) in [5.74, 6) is 2.14. The second kappa shape index (κ2) is 6.77. The fourth-order valence-corrected chi connectivity index (χ4v) is 2.87. The van der Waals surface area contributed by atoms with E-state index >= 15 is 0 Å². The lowest BCUT2D eigenvalue weighted by Gasteiger charge is -2.23. The van der Waals surface area contributed by atoms with Crippen LogP contribution in [0.4, 0.5) is 0 Å². The zero-order valence-corrected chi connectivity index (χ0v) is 11.4. The van der Waals surface area contributed by atoms with Crippen molar-refractivity contribution < 1.29 is 0 Å². The molecule has 0 aromatic heterocycles. The zero-order valence-electron chi connectivity index (χ0n) is 10.6. The van der Waals surface area contributed by atoms with Gasteiger partial charge in [0.2, 0.25) is 0 Å². The molecule has 0 spiro atoms. The summed E-state index contributed by atoms with van der Waals surface area (Å²) in [5, 5.41) is 3.55. The number of hydrogen-bond donors (Lipinski definition) is 1. The highest BCUT2D eigenvalue weighted by Crippen LogP contribution is 2.19. The molecule has 0 radical (unpaired) electrons. The first kappa shape index (κ1) is 13.3. The second-order valence-corrected chi connectivity index (χ2v) is 5.93. The van der Waals surface area contributed by atoms with Crippen molar-refractivity contribution in [2.75, 3.05) is 31.6 Å². The van der Waals surface area contributed by atoms with Crippen LogP contribution in [0.3, 0.4) is 0 Å². The van der Waals surface area contributed by atoms with Crippen LogP contribution in [0, 0.1) is 5.92 Å². The summed E-state index contributed by atoms with van der Waals surface area (Å²) >= 11 is 1.96. The molecular weight excluding hydrogens is 204 g/mol. The van der Waals surface area contributed by atoms with Gasteiger partial charge < -0.3 is 5.32 Å². The lowest BCUT2D eigenvalue weighted by Crippen LogP contribution is -2.35. The zero-order chi connectivity index (χ0) is 11.3. The SMILES string of the molecule is CSCC(C)N1CCC(CNC(C)C)C1. The van der Waals surface area contributed by atoms with Crippen molar-refractivity contribution >= 4 is 11.8 Å². The Morgan fingerprint density at radius 2 is 2.13 bits per heavy atom. The molecular formula is C12H26N2S. The fourth-order valence-electron chi connectivity index (χ4n) is 2.18. The molecule has 1 aliphatic rings. The average molecular weight is 230 g/mol. The molecule has 2 nitrogen and oxygen atoms in total. The van der Waals surface area contributed by atoms with Crippen molar-refractivity contribution in [2.24, 2.45) is 5.92 Å². The molecule has 0 amide bonds. The average Bonchev–Trinajstić information content (AvgIpc) is 2.63. The first-order chi connectivity index (χ1) is 7.13. The van der Waals surface area contributed by atoms with Gasteiger partial charge in [-0.05, 0) is 38.6 Å². The standard InChI is InChI=1S/C12H26N2S/c1-10(2)13-7-12-5-6-14(8-12)11(3)9-15-4/h10-13H,5-9H2,1-4H3. The Labute approximate surface area is 99.2 Å². The number of nitrogens with one attached hydrogen (secondary N) is 1. The van der Waals surface area contributed by atoms with E-state index in [2.05, 4.69) is 37.2 Å². The summed E-state index contributed by atoms with van der Waals surface area (Å²) in [6.45, 7) is 10.6. The molecule has 90 valence electrons. The van der Waals surface area contributed by atoms with Gasteiger partial charge in [-0.2, -0.15) is 11.8 Å². The Bertz CT molecular complexity index is 173. The van der Waals surface area contributed by atoms with E-state index in [1.165, 1.54) is 31.8 Å². The quantitative estimate of drug-likeness (QED) is 0.752. The molecule has 0 saturated carbocycles. The van der Waals surface area contributed by atoms with Gasteiger partial charge >= 0.3 is 0 Å². The van der Waals surface area contributed by atoms with E-state index in [1.807, 2.05) is 11.8 Å². The van der Waals surface area contributed by atoms with Crippen LogP contribution in [0.15, 0.2) is 0 Å². The van der Waals surface area contributed by atoms with Gasteiger partial charge in [0.25, 0.3) is 0 Å². The first-order valence-corrected chi connectivity index (χ1v) is 7.49. The number of nitrogens with zero attached hydrogens (tertiary/aromatic N) is 1. The van der Waals surface area contributed by atoms with Crippen LogP contribution in [-0.4, -0.2) is 48.6 Å². The molecule has 0 aromatic rings. The molecule has 1 aliphatic heterocycles. The van der Waals surface area contributed by atoms with E-state index < -0.39 is 0 Å². The third kappa shape index (κ3) is 4.75. The van der Waals surface area contributed by atoms with E-state index in [0.717, 1.165) is 12.0 Å². The van der Waals surface area contributed by atoms with Crippen molar-refractivity contribution in [3.05, 3.63) is 0 Å². The lowest BCUT2D eigenvalue weighted by atomic mass is 10.1. The predicted molar refractivity (Wildman–Crippen MR) is 70.7 cm³/mol. The van der Waals surface area contributed by atoms with Crippen LogP contribution in [-0.2, 0) is 0 Å². The smallest absolute Gasteiger partial charge is 0.0158 e. The highest BCUT2D eigenvalue weighted by atomic mass is 32.2. The van der Waals surface area contributed by atoms with Crippen molar-refractivity contribution in [2.45, 2.75) is 39.3 Å². The Hall–Kier alpha value is 0.270. The van der Waals surface area contributed by atoms with Crippen molar-refractivity contribution in [3.63, 3.8) is 0 Å². The molecule has 2 atom stereocenters. The Balaban J connectivity index is 2.20. The van der Waals surface area contributed by atoms with E-state index in [-0.39, 0.29) is 0 Å². The van der Waals surface area contributed by atoms with Gasteiger partial charge in [0, 0.05) is 24.4 Å². The third-order valence-corrected chi connectivity index (χ3v) is 3.98. The van der Waals surface area contributed by atoms with Gasteiger partial charge in [-0.15, -0.1) is 0 Å². The molecule has 1 saturated heterocycles. The van der Waals surface area contributed by atoms with Gasteiger partial charge in [0.15, 0.2) is 0 Å². The highest BCUT2D eigenvalue weighted by Gasteiger charge is 2.25. The van der Waals surface area contributed by atoms with Gasteiger partial charge in [0.05, 0.1) is 0 Å². The number of likely N-dealkylation sites (tertiary alicyclic amines) is 1. The maximum absolute atomic E-state index is 3.55. The van der Waals surface area contributed by atoms with Crippen molar-refractivity contribution in [1.29, 1.82) is 0 Å². The van der Waals surface area contributed by atoms with Crippen LogP contribution < -0.4 is 5.32 Å². The van der Waals surface area contributed by atoms with E-state index in [1.54, 1.807) is 0 Å². The maximum Gasteiger partial charge on any atom is 0.0158 e. The topological polar surface area (TPSA) is 15.3 Å². The minimum absolute atomic E-state index is 0.627. The summed E-state index contributed by atoms with van der Waals surface area (Å²) in [6, 6.07) is 1.38. The largest absolute Gasteiger partial charge is 0.314 e. The van der Waals surface area contributed by atoms with Crippen molar-refractivity contribution in [3.8, 4) is 0 Å². The van der Waals surface area contributed by atoms with Gasteiger partial charge in [0.1, 0.15) is 0 Å². The van der Waals surface area contributed by atoms with E-state index in [4.69, 9.17) is 0 Å². The van der Waals surface area contributed by atoms with Gasteiger partial charge in [-0.25, -0.2) is 0 Å². The molecule has 0 aliphatic carbocycles. The van der Waals surface area contributed by atoms with Crippen molar-refractivity contribution in [1.82, 2.24) is 10.2 Å². The highest BCUT2D eigenvalue weighted by molar-refractivity contribution is 7.98. The molecule has 3 heteroatoms. The molecule has 0 bridgehead atoms. The monoisotopic (exact) mass is 230 g/mol. The van der Waals surface area contributed by atoms with Crippen LogP contribution in [0.2, 0.25) is 0 Å². The Morgan fingerprint density at radius 3 is 2.73 bits per heavy atom. The molecule has 0 aromatic carbocycles. The van der Waals surface area contributed by atoms with Crippen LogP contribution >= 0.6 is 11.8 Å². The molecule has 2 unspecified atom stereocenters. The maximum atomic E-state index is 3.55. The third-order valence-electron chi connectivity index (χ3n) is 3.16. The minimum atomic E-state index is 0.627. The van der Waals surface area contributed by atoms with E-state index in [9.17, 15) is 0 Å². The van der Waals surface area contributed by atoms with E-state index in [0.29, 0.717) is 6.04 Å². The Morgan fingerprint density at radius 1 is 1.40 bits per heavy atom. The lowest BCUT2D eigenvalue weighted by molar-refractivity contribution is 0.267. The summed E-state index contributed by atoms with van der Waals surface area (Å²) in [4.78, 5) is 2.64. The second-order valence-electron chi connectivity index (χ2n) is 5.02. The molecule has 1 N–H and O–H groups in total. The summed E-state index contributed by atoms with van der Waals surface area (Å²) in [5.41, 5.74) is 0. The molecule has 1 rings (SSSR count). The first-order valence-electron chi connectivity index (χ1n) is 6.09. The fraction of sp³-hybridized carbons (Fsp3) is 1.00. The number of hydrogen-bond acceptors (Lipinski definition) is 3. The molecule has 1 heterocycles. The summed E-state index contributed by atoms with van der Waals surface area (Å²) in [6.07, 6.45) is 3.57. The number of thioether (sulfide) groups is 1. The van der Waals surface area contributed by atoms with Crippen LogP contribution in [0.1, 0.15) is 27.2 Å². The summed E-state index contributed by atoms with van der Waals surface area (Å²) < 4.78 is 0. The molecule has 15 heavy (non-hydrogen) atoms. The van der Waals surface area contributed by atoms with Crippen LogP contribution in [0.5, 0.6) is 0 Å². The predicted octanol–water partition coefficient (Wildman–Crippen LogP) is 2.06. The number of rotatable bonds is 6. The van der Waals surface area contributed by atoms with Gasteiger partial charge in [-0.1, -0.05) is 13.8 Å². The molecule has 1 fully saturated rings. The minimum Gasteiger partial charge on any atom is -0.314 e. The normalized spacial score (nSPS) is 25.0. The Kier molecular flexibility index (Phi) is 6.02. The van der Waals surface area contributed by atoms with Crippen LogP contribution in [0.25, 0.3) is 0 Å². The van der Waals surface area contributed by atoms with Gasteiger partial charge in [-0.3, -0.25) is 4.90 Å².